The van der Waals surface area contributed by atoms with Gasteiger partial charge in [0.05, 0.1) is 11.0 Å². The minimum atomic E-state index is -4.54. The van der Waals surface area contributed by atoms with Gasteiger partial charge in [0.15, 0.2) is 5.78 Å². The van der Waals surface area contributed by atoms with Crippen LogP contribution in [-0.4, -0.2) is 11.7 Å². The Kier molecular flexibility index (Phi) is 6.30. The molecule has 1 fully saturated rings. The number of Topliss-reactive ketones (excluding diaryl/α,β-unsaturated/α-hetero) is 1. The fourth-order valence-corrected chi connectivity index (χ4v) is 4.32. The molecule has 4 rings (SSSR count). The van der Waals surface area contributed by atoms with Crippen molar-refractivity contribution in [3.8, 4) is 11.1 Å². The highest BCUT2D eigenvalue weighted by molar-refractivity contribution is 6.03. The summed E-state index contributed by atoms with van der Waals surface area (Å²) in [5.41, 5.74) is 0.745. The zero-order valence-corrected chi connectivity index (χ0v) is 18.5. The first-order chi connectivity index (χ1) is 16.1. The normalized spacial score (nSPS) is 14.9. The van der Waals surface area contributed by atoms with E-state index in [-0.39, 0.29) is 23.7 Å². The van der Waals surface area contributed by atoms with Gasteiger partial charge in [-0.05, 0) is 65.9 Å². The maximum absolute atomic E-state index is 13.2. The van der Waals surface area contributed by atoms with Crippen molar-refractivity contribution in [3.05, 3.63) is 89.2 Å². The van der Waals surface area contributed by atoms with Crippen LogP contribution in [0.25, 0.3) is 11.1 Å². The van der Waals surface area contributed by atoms with E-state index in [0.717, 1.165) is 24.1 Å². The van der Waals surface area contributed by atoms with Crippen LogP contribution in [0.3, 0.4) is 0 Å². The fraction of sp³-hybridized carbons (Fsp3) is 0.259. The maximum Gasteiger partial charge on any atom is 0.416 e. The van der Waals surface area contributed by atoms with Crippen LogP contribution in [-0.2, 0) is 16.4 Å². The first-order valence-corrected chi connectivity index (χ1v) is 11.1. The molecular weight excluding hydrogens is 446 g/mol. The van der Waals surface area contributed by atoms with Gasteiger partial charge in [0.1, 0.15) is 5.82 Å². The Balaban J connectivity index is 1.64. The van der Waals surface area contributed by atoms with Gasteiger partial charge in [-0.1, -0.05) is 43.7 Å². The molecule has 0 atom stereocenters. The van der Waals surface area contributed by atoms with E-state index in [0.29, 0.717) is 29.7 Å². The van der Waals surface area contributed by atoms with Crippen LogP contribution >= 0.6 is 0 Å². The number of benzene rings is 3. The summed E-state index contributed by atoms with van der Waals surface area (Å²) in [4.78, 5) is 25.5. The van der Waals surface area contributed by atoms with E-state index in [1.807, 2.05) is 0 Å². The molecule has 1 saturated carbocycles. The largest absolute Gasteiger partial charge is 0.416 e. The molecule has 0 bridgehead atoms. The van der Waals surface area contributed by atoms with Gasteiger partial charge in [0, 0.05) is 17.7 Å². The maximum atomic E-state index is 13.2. The van der Waals surface area contributed by atoms with Crippen LogP contribution in [0.2, 0.25) is 0 Å². The van der Waals surface area contributed by atoms with Gasteiger partial charge in [0.25, 0.3) is 0 Å². The van der Waals surface area contributed by atoms with Crippen LogP contribution in [0.5, 0.6) is 0 Å². The summed E-state index contributed by atoms with van der Waals surface area (Å²) in [6.07, 6.45) is -2.27. The Morgan fingerprint density at radius 2 is 1.59 bits per heavy atom. The molecule has 0 spiro atoms. The van der Waals surface area contributed by atoms with Crippen molar-refractivity contribution in [1.29, 1.82) is 0 Å². The van der Waals surface area contributed by atoms with Crippen molar-refractivity contribution in [3.63, 3.8) is 0 Å². The monoisotopic (exact) mass is 469 g/mol. The molecule has 3 nitrogen and oxygen atoms in total. The minimum absolute atomic E-state index is 0.0254. The van der Waals surface area contributed by atoms with E-state index in [1.165, 1.54) is 30.3 Å². The number of amides is 1. The lowest BCUT2D eigenvalue weighted by Gasteiger charge is -2.40. The molecule has 3 aromatic rings. The van der Waals surface area contributed by atoms with Crippen molar-refractivity contribution in [1.82, 2.24) is 0 Å². The van der Waals surface area contributed by atoms with Gasteiger partial charge in [-0.25, -0.2) is 4.39 Å². The molecule has 0 saturated heterocycles. The Morgan fingerprint density at radius 3 is 2.12 bits per heavy atom. The molecule has 0 radical (unpaired) electrons. The van der Waals surface area contributed by atoms with Gasteiger partial charge in [0.2, 0.25) is 5.91 Å². The van der Waals surface area contributed by atoms with Crippen LogP contribution in [0.4, 0.5) is 23.2 Å². The third kappa shape index (κ3) is 4.47. The second kappa shape index (κ2) is 9.05. The highest BCUT2D eigenvalue weighted by Crippen LogP contribution is 2.45. The first-order valence-electron chi connectivity index (χ1n) is 11.1. The summed E-state index contributed by atoms with van der Waals surface area (Å²) < 4.78 is 52.7. The number of ketones is 1. The van der Waals surface area contributed by atoms with Crippen molar-refractivity contribution in [2.24, 2.45) is 0 Å². The SMILES string of the molecule is CCC(=O)c1cc(C(F)(F)F)ccc1-c1ccc(C2(C(=O)Nc3ccc(F)cc3)CCC2)cc1. The topological polar surface area (TPSA) is 46.2 Å². The zero-order valence-electron chi connectivity index (χ0n) is 18.5. The number of hydrogen-bond donors (Lipinski definition) is 1. The molecule has 0 aliphatic heterocycles. The molecule has 7 heteroatoms. The fourth-order valence-electron chi connectivity index (χ4n) is 4.32. The number of carbonyl (C=O) groups excluding carboxylic acids is 2. The number of carbonyl (C=O) groups is 2. The molecule has 3 aromatic carbocycles. The summed E-state index contributed by atoms with van der Waals surface area (Å²) in [5.74, 6) is -0.954. The average Bonchev–Trinajstić information content (AvgIpc) is 2.79. The summed E-state index contributed by atoms with van der Waals surface area (Å²) in [6, 6.07) is 15.8. The number of rotatable bonds is 6. The van der Waals surface area contributed by atoms with E-state index in [9.17, 15) is 27.2 Å². The lowest BCUT2D eigenvalue weighted by Crippen LogP contribution is -2.46. The predicted octanol–water partition coefficient (Wildman–Crippen LogP) is 7.16. The minimum Gasteiger partial charge on any atom is -0.325 e. The predicted molar refractivity (Wildman–Crippen MR) is 122 cm³/mol. The molecule has 1 N–H and O–H groups in total. The van der Waals surface area contributed by atoms with Gasteiger partial charge in [-0.15, -0.1) is 0 Å². The second-order valence-corrected chi connectivity index (χ2v) is 8.51. The lowest BCUT2D eigenvalue weighted by molar-refractivity contribution is -0.137. The summed E-state index contributed by atoms with van der Waals surface area (Å²) in [5, 5.41) is 2.85. The average molecular weight is 469 g/mol. The van der Waals surface area contributed by atoms with Crippen LogP contribution in [0.15, 0.2) is 66.7 Å². The van der Waals surface area contributed by atoms with E-state index in [4.69, 9.17) is 0 Å². The van der Waals surface area contributed by atoms with E-state index < -0.39 is 23.0 Å². The first kappa shape index (κ1) is 23.7. The van der Waals surface area contributed by atoms with Crippen molar-refractivity contribution in [2.45, 2.75) is 44.2 Å². The quantitative estimate of drug-likeness (QED) is 0.307. The van der Waals surface area contributed by atoms with Crippen LogP contribution < -0.4 is 5.32 Å². The molecule has 34 heavy (non-hydrogen) atoms. The Bertz CT molecular complexity index is 1210. The lowest BCUT2D eigenvalue weighted by atomic mass is 9.63. The standard InChI is InChI=1S/C27H23F4NO2/c1-2-24(33)23-16-19(27(29,30)31)8-13-22(23)17-4-6-18(7-5-17)26(14-3-15-26)25(34)32-21-11-9-20(28)10-12-21/h4-13,16H,2-3,14-15H2,1H3,(H,32,34). The van der Waals surface area contributed by atoms with E-state index in [2.05, 4.69) is 5.32 Å². The van der Waals surface area contributed by atoms with Crippen LogP contribution in [0, 0.1) is 5.82 Å². The summed E-state index contributed by atoms with van der Waals surface area (Å²) in [7, 11) is 0. The number of halogens is 4. The number of anilines is 1. The summed E-state index contributed by atoms with van der Waals surface area (Å²) in [6.45, 7) is 1.61. The molecular formula is C27H23F4NO2. The smallest absolute Gasteiger partial charge is 0.325 e. The third-order valence-electron chi connectivity index (χ3n) is 6.46. The van der Waals surface area contributed by atoms with Crippen LogP contribution in [0.1, 0.15) is 54.1 Å². The molecule has 0 aromatic heterocycles. The van der Waals surface area contributed by atoms with Gasteiger partial charge >= 0.3 is 6.18 Å². The van der Waals surface area contributed by atoms with E-state index in [1.54, 1.807) is 31.2 Å². The van der Waals surface area contributed by atoms with Gasteiger partial charge in [-0.3, -0.25) is 9.59 Å². The number of nitrogens with one attached hydrogen (secondary N) is 1. The molecule has 1 amide bonds. The van der Waals surface area contributed by atoms with Crippen molar-refractivity contribution >= 4 is 17.4 Å². The summed E-state index contributed by atoms with van der Waals surface area (Å²) >= 11 is 0. The highest BCUT2D eigenvalue weighted by Gasteiger charge is 2.45. The van der Waals surface area contributed by atoms with Gasteiger partial charge < -0.3 is 5.32 Å². The Hall–Kier alpha value is -3.48. The van der Waals surface area contributed by atoms with Crippen molar-refractivity contribution in [2.75, 3.05) is 5.32 Å². The second-order valence-electron chi connectivity index (χ2n) is 8.51. The van der Waals surface area contributed by atoms with Crippen molar-refractivity contribution < 1.29 is 27.2 Å². The third-order valence-corrected chi connectivity index (χ3v) is 6.46. The molecule has 1 aliphatic rings. The highest BCUT2D eigenvalue weighted by atomic mass is 19.4. The molecule has 176 valence electrons. The molecule has 0 heterocycles. The zero-order chi connectivity index (χ0) is 24.5. The number of hydrogen-bond acceptors (Lipinski definition) is 2. The van der Waals surface area contributed by atoms with Gasteiger partial charge in [-0.2, -0.15) is 13.2 Å². The molecule has 0 unspecified atom stereocenters. The molecule has 1 aliphatic carbocycles. The number of alkyl halides is 3. The van der Waals surface area contributed by atoms with E-state index >= 15 is 0 Å². The Morgan fingerprint density at radius 1 is 0.941 bits per heavy atom. The Labute approximate surface area is 194 Å².